The molecule has 0 aliphatic carbocycles. The molecule has 106 valence electrons. The van der Waals surface area contributed by atoms with Crippen LogP contribution in [0.15, 0.2) is 48.5 Å². The van der Waals surface area contributed by atoms with Gasteiger partial charge in [0, 0.05) is 5.92 Å². The fourth-order valence-electron chi connectivity index (χ4n) is 1.92. The van der Waals surface area contributed by atoms with Gasteiger partial charge in [-0.3, -0.25) is 0 Å². The van der Waals surface area contributed by atoms with Crippen molar-refractivity contribution in [3.8, 4) is 17.2 Å². The van der Waals surface area contributed by atoms with Crippen LogP contribution in [0.1, 0.15) is 11.5 Å². The molecule has 0 spiro atoms. The first-order valence-electron chi connectivity index (χ1n) is 6.40. The van der Waals surface area contributed by atoms with Gasteiger partial charge >= 0.3 is 0 Å². The van der Waals surface area contributed by atoms with E-state index in [1.54, 1.807) is 31.4 Å². The number of methoxy groups -OCH3 is 1. The topological polar surface area (TPSA) is 58.9 Å². The second kappa shape index (κ2) is 6.82. The lowest BCUT2D eigenvalue weighted by Gasteiger charge is -2.17. The van der Waals surface area contributed by atoms with Gasteiger partial charge in [0.25, 0.3) is 0 Å². The van der Waals surface area contributed by atoms with E-state index in [0.717, 1.165) is 11.3 Å². The number of para-hydroxylation sites is 2. The Morgan fingerprint density at radius 2 is 1.90 bits per heavy atom. The summed E-state index contributed by atoms with van der Waals surface area (Å²) in [6, 6.07) is 14.3. The third kappa shape index (κ3) is 3.42. The van der Waals surface area contributed by atoms with Crippen LogP contribution in [0.3, 0.4) is 0 Å². The van der Waals surface area contributed by atoms with Crippen molar-refractivity contribution in [3.05, 3.63) is 54.1 Å². The van der Waals surface area contributed by atoms with Crippen LogP contribution in [0.2, 0.25) is 0 Å². The molecule has 4 nitrogen and oxygen atoms in total. The summed E-state index contributed by atoms with van der Waals surface area (Å²) in [7, 11) is 1.60. The summed E-state index contributed by atoms with van der Waals surface area (Å²) in [4.78, 5) is 0. The molecule has 20 heavy (non-hydrogen) atoms. The van der Waals surface area contributed by atoms with E-state index in [1.165, 1.54) is 0 Å². The predicted molar refractivity (Wildman–Crippen MR) is 76.4 cm³/mol. The Morgan fingerprint density at radius 1 is 1.10 bits per heavy atom. The molecule has 2 aromatic carbocycles. The first-order valence-corrected chi connectivity index (χ1v) is 6.40. The highest BCUT2D eigenvalue weighted by Gasteiger charge is 2.13. The van der Waals surface area contributed by atoms with Crippen LogP contribution in [0, 0.1) is 0 Å². The van der Waals surface area contributed by atoms with Gasteiger partial charge in [0.05, 0.1) is 20.3 Å². The summed E-state index contributed by atoms with van der Waals surface area (Å²) in [5.74, 6) is 1.07. The number of hydrogen-bond donors (Lipinski definition) is 2. The molecule has 1 unspecified atom stereocenters. The molecule has 0 saturated carbocycles. The van der Waals surface area contributed by atoms with E-state index in [2.05, 4.69) is 0 Å². The number of rotatable bonds is 6. The van der Waals surface area contributed by atoms with Crippen LogP contribution < -0.4 is 9.47 Å². The lowest BCUT2D eigenvalue weighted by Crippen LogP contribution is -2.14. The van der Waals surface area contributed by atoms with Crippen molar-refractivity contribution in [2.24, 2.45) is 0 Å². The maximum Gasteiger partial charge on any atom is 0.160 e. The number of ether oxygens (including phenoxy) is 2. The van der Waals surface area contributed by atoms with Gasteiger partial charge in [-0.1, -0.05) is 24.3 Å². The highest BCUT2D eigenvalue weighted by atomic mass is 16.5. The van der Waals surface area contributed by atoms with E-state index in [1.807, 2.05) is 24.3 Å². The van der Waals surface area contributed by atoms with Gasteiger partial charge in [0.15, 0.2) is 11.5 Å². The van der Waals surface area contributed by atoms with Crippen LogP contribution in [0.4, 0.5) is 0 Å². The maximum absolute atomic E-state index is 9.64. The molecule has 0 aliphatic heterocycles. The summed E-state index contributed by atoms with van der Waals surface area (Å²) in [5, 5.41) is 19.1. The molecule has 0 aliphatic rings. The zero-order valence-corrected chi connectivity index (χ0v) is 11.3. The van der Waals surface area contributed by atoms with Gasteiger partial charge in [0.1, 0.15) is 5.75 Å². The molecule has 0 heterocycles. The average molecular weight is 274 g/mol. The Kier molecular flexibility index (Phi) is 4.85. The lowest BCUT2D eigenvalue weighted by atomic mass is 10.0. The third-order valence-corrected chi connectivity index (χ3v) is 3.09. The first-order chi connectivity index (χ1) is 9.74. The second-order valence-electron chi connectivity index (χ2n) is 4.43. The number of phenolic OH excluding ortho intramolecular Hbond substituents is 1. The SMILES string of the molecule is COc1cccc(C(CO)COc2ccccc2O)c1. The summed E-state index contributed by atoms with van der Waals surface area (Å²) in [5.41, 5.74) is 0.933. The minimum atomic E-state index is -0.176. The fraction of sp³-hybridized carbons (Fsp3) is 0.250. The van der Waals surface area contributed by atoms with Crippen LogP contribution in [-0.4, -0.2) is 30.5 Å². The molecule has 2 rings (SSSR count). The van der Waals surface area contributed by atoms with Crippen molar-refractivity contribution in [3.63, 3.8) is 0 Å². The molecule has 2 aromatic rings. The van der Waals surface area contributed by atoms with Crippen LogP contribution in [0.5, 0.6) is 17.2 Å². The van der Waals surface area contributed by atoms with E-state index < -0.39 is 0 Å². The zero-order chi connectivity index (χ0) is 14.4. The summed E-state index contributed by atoms with van der Waals surface area (Å²) in [6.45, 7) is 0.238. The van der Waals surface area contributed by atoms with Crippen molar-refractivity contribution in [2.75, 3.05) is 20.3 Å². The van der Waals surface area contributed by atoms with Crippen molar-refractivity contribution in [1.82, 2.24) is 0 Å². The minimum absolute atomic E-state index is 0.0409. The van der Waals surface area contributed by atoms with E-state index in [4.69, 9.17) is 9.47 Å². The molecule has 2 N–H and O–H groups in total. The van der Waals surface area contributed by atoms with Crippen molar-refractivity contribution in [2.45, 2.75) is 5.92 Å². The van der Waals surface area contributed by atoms with Gasteiger partial charge in [-0.15, -0.1) is 0 Å². The molecule has 0 bridgehead atoms. The number of aliphatic hydroxyl groups excluding tert-OH is 1. The largest absolute Gasteiger partial charge is 0.504 e. The Morgan fingerprint density at radius 3 is 2.60 bits per heavy atom. The van der Waals surface area contributed by atoms with Crippen LogP contribution in [0.25, 0.3) is 0 Å². The molecular weight excluding hydrogens is 256 g/mol. The van der Waals surface area contributed by atoms with E-state index in [0.29, 0.717) is 5.75 Å². The maximum atomic E-state index is 9.64. The standard InChI is InChI=1S/C16H18O4/c1-19-14-6-4-5-12(9-14)13(10-17)11-20-16-8-3-2-7-15(16)18/h2-9,13,17-18H,10-11H2,1H3. The summed E-state index contributed by atoms with van der Waals surface area (Å²) in [6.07, 6.45) is 0. The smallest absolute Gasteiger partial charge is 0.160 e. The summed E-state index contributed by atoms with van der Waals surface area (Å²) >= 11 is 0. The first kappa shape index (κ1) is 14.2. The van der Waals surface area contributed by atoms with Gasteiger partial charge < -0.3 is 19.7 Å². The number of phenols is 1. The number of aromatic hydroxyl groups is 1. The molecule has 0 amide bonds. The molecule has 1 atom stereocenters. The quantitative estimate of drug-likeness (QED) is 0.850. The second-order valence-corrected chi connectivity index (χ2v) is 4.43. The van der Waals surface area contributed by atoms with E-state index >= 15 is 0 Å². The van der Waals surface area contributed by atoms with Crippen molar-refractivity contribution in [1.29, 1.82) is 0 Å². The van der Waals surface area contributed by atoms with E-state index in [-0.39, 0.29) is 24.9 Å². The molecular formula is C16H18O4. The van der Waals surface area contributed by atoms with Gasteiger partial charge in [0.2, 0.25) is 0 Å². The van der Waals surface area contributed by atoms with Crippen LogP contribution in [-0.2, 0) is 0 Å². The van der Waals surface area contributed by atoms with Gasteiger partial charge in [-0.25, -0.2) is 0 Å². The molecule has 0 radical (unpaired) electrons. The van der Waals surface area contributed by atoms with Crippen molar-refractivity contribution >= 4 is 0 Å². The highest BCUT2D eigenvalue weighted by Crippen LogP contribution is 2.27. The normalized spacial score (nSPS) is 11.9. The molecule has 4 heteroatoms. The van der Waals surface area contributed by atoms with Crippen molar-refractivity contribution < 1.29 is 19.7 Å². The Labute approximate surface area is 118 Å². The molecule has 0 aromatic heterocycles. The fourth-order valence-corrected chi connectivity index (χ4v) is 1.92. The number of hydrogen-bond acceptors (Lipinski definition) is 4. The summed E-state index contributed by atoms with van der Waals surface area (Å²) < 4.78 is 10.7. The third-order valence-electron chi connectivity index (χ3n) is 3.09. The highest BCUT2D eigenvalue weighted by molar-refractivity contribution is 5.38. The number of aliphatic hydroxyl groups is 1. The lowest BCUT2D eigenvalue weighted by molar-refractivity contribution is 0.201. The predicted octanol–water partition coefficient (Wildman–Crippen LogP) is 2.56. The minimum Gasteiger partial charge on any atom is -0.504 e. The van der Waals surface area contributed by atoms with E-state index in [9.17, 15) is 10.2 Å². The molecule has 0 fully saturated rings. The zero-order valence-electron chi connectivity index (χ0n) is 11.3. The Bertz CT molecular complexity index is 554. The Hall–Kier alpha value is -2.20. The van der Waals surface area contributed by atoms with Crippen LogP contribution >= 0.6 is 0 Å². The monoisotopic (exact) mass is 274 g/mol. The van der Waals surface area contributed by atoms with Gasteiger partial charge in [-0.05, 0) is 29.8 Å². The number of benzene rings is 2. The average Bonchev–Trinajstić information content (AvgIpc) is 2.50. The van der Waals surface area contributed by atoms with Gasteiger partial charge in [-0.2, -0.15) is 0 Å². The Balaban J connectivity index is 2.07. The molecule has 0 saturated heterocycles.